The molecule has 0 spiro atoms. The number of hydrogen-bond donors (Lipinski definition) is 1. The maximum atomic E-state index is 13.0. The van der Waals surface area contributed by atoms with E-state index in [2.05, 4.69) is 10.2 Å². The summed E-state index contributed by atoms with van der Waals surface area (Å²) in [7, 11) is 0. The summed E-state index contributed by atoms with van der Waals surface area (Å²) in [4.78, 5) is 16.2. The fourth-order valence-corrected chi connectivity index (χ4v) is 4.54. The minimum Gasteiger partial charge on any atom is -0.369 e. The Morgan fingerprint density at radius 2 is 1.84 bits per heavy atom. The van der Waals surface area contributed by atoms with Crippen molar-refractivity contribution in [2.45, 2.75) is 57.2 Å². The van der Waals surface area contributed by atoms with Crippen molar-refractivity contribution in [1.82, 2.24) is 10.2 Å². The quantitative estimate of drug-likeness (QED) is 0.696. The summed E-state index contributed by atoms with van der Waals surface area (Å²) >= 11 is 0. The van der Waals surface area contributed by atoms with Crippen LogP contribution in [-0.2, 0) is 11.0 Å². The lowest BCUT2D eigenvalue weighted by Gasteiger charge is -2.37. The van der Waals surface area contributed by atoms with Gasteiger partial charge < -0.3 is 10.2 Å². The molecule has 2 aliphatic rings. The van der Waals surface area contributed by atoms with Gasteiger partial charge in [0.25, 0.3) is 0 Å². The molecule has 0 atom stereocenters. The van der Waals surface area contributed by atoms with E-state index in [4.69, 9.17) is 5.26 Å². The van der Waals surface area contributed by atoms with Gasteiger partial charge in [-0.1, -0.05) is 6.07 Å². The second-order valence-electron chi connectivity index (χ2n) is 8.61. The minimum atomic E-state index is -4.31. The van der Waals surface area contributed by atoms with Gasteiger partial charge in [0, 0.05) is 50.7 Å². The highest BCUT2D eigenvalue weighted by atomic mass is 19.4. The molecule has 1 saturated heterocycles. The number of amides is 1. The highest BCUT2D eigenvalue weighted by Gasteiger charge is 2.31. The molecule has 1 aliphatic heterocycles. The molecular weight excluding hydrogens is 405 g/mol. The second-order valence-corrected chi connectivity index (χ2v) is 8.61. The molecule has 2 fully saturated rings. The number of carbonyl (C=O) groups is 1. The first kappa shape index (κ1) is 23.4. The van der Waals surface area contributed by atoms with Crippen LogP contribution in [0.15, 0.2) is 24.3 Å². The van der Waals surface area contributed by atoms with Crippen LogP contribution in [0, 0.1) is 17.2 Å². The Balaban J connectivity index is 1.35. The molecule has 0 radical (unpaired) electrons. The first-order chi connectivity index (χ1) is 14.8. The zero-order valence-corrected chi connectivity index (χ0v) is 17.8. The van der Waals surface area contributed by atoms with Crippen molar-refractivity contribution in [2.24, 2.45) is 5.92 Å². The van der Waals surface area contributed by atoms with Crippen LogP contribution in [0.5, 0.6) is 0 Å². The van der Waals surface area contributed by atoms with Crippen molar-refractivity contribution in [2.75, 3.05) is 37.6 Å². The molecule has 0 unspecified atom stereocenters. The van der Waals surface area contributed by atoms with Crippen LogP contribution in [0.3, 0.4) is 0 Å². The fraction of sp³-hybridized carbons (Fsp3) is 0.652. The van der Waals surface area contributed by atoms with Crippen LogP contribution >= 0.6 is 0 Å². The Kier molecular flexibility index (Phi) is 8.19. The van der Waals surface area contributed by atoms with Crippen molar-refractivity contribution in [3.8, 4) is 6.07 Å². The summed E-state index contributed by atoms with van der Waals surface area (Å²) < 4.78 is 38.9. The zero-order chi connectivity index (χ0) is 22.3. The van der Waals surface area contributed by atoms with Gasteiger partial charge in [-0.25, -0.2) is 0 Å². The smallest absolute Gasteiger partial charge is 0.369 e. The number of nitrogens with one attached hydrogen (secondary N) is 1. The van der Waals surface area contributed by atoms with Crippen molar-refractivity contribution >= 4 is 11.6 Å². The number of nitriles is 1. The Hall–Kier alpha value is -2.27. The van der Waals surface area contributed by atoms with Gasteiger partial charge in [0.05, 0.1) is 11.6 Å². The standard InChI is InChI=1S/C23H31F3N4O/c24-23(25,26)19-3-1-4-21(17-19)30-15-13-29(14-16-30)12-10-18-6-8-20(9-7-18)28-22(31)5-2-11-27/h1,3-4,17-18,20H,2,5-10,12-16H2,(H,28,31)/t18-,20-. The molecule has 170 valence electrons. The lowest BCUT2D eigenvalue weighted by Crippen LogP contribution is -2.47. The van der Waals surface area contributed by atoms with Gasteiger partial charge in [0.15, 0.2) is 0 Å². The molecule has 1 N–H and O–H groups in total. The van der Waals surface area contributed by atoms with Gasteiger partial charge >= 0.3 is 6.18 Å². The summed E-state index contributed by atoms with van der Waals surface area (Å²) in [6.45, 7) is 4.22. The maximum Gasteiger partial charge on any atom is 0.416 e. The molecule has 1 heterocycles. The number of rotatable bonds is 7. The lowest BCUT2D eigenvalue weighted by molar-refractivity contribution is -0.137. The lowest BCUT2D eigenvalue weighted by atomic mass is 9.84. The Morgan fingerprint density at radius 3 is 2.48 bits per heavy atom. The average molecular weight is 437 g/mol. The van der Waals surface area contributed by atoms with Gasteiger partial charge in [-0.2, -0.15) is 18.4 Å². The molecule has 1 aliphatic carbocycles. The van der Waals surface area contributed by atoms with Crippen LogP contribution < -0.4 is 10.2 Å². The molecule has 1 aromatic rings. The first-order valence-electron chi connectivity index (χ1n) is 11.2. The number of anilines is 1. The van der Waals surface area contributed by atoms with Crippen LogP contribution in [0.1, 0.15) is 50.5 Å². The van der Waals surface area contributed by atoms with Gasteiger partial charge in [-0.3, -0.25) is 9.69 Å². The first-order valence-corrected chi connectivity index (χ1v) is 11.2. The van der Waals surface area contributed by atoms with Crippen LogP contribution in [0.25, 0.3) is 0 Å². The number of halogens is 3. The molecule has 1 amide bonds. The van der Waals surface area contributed by atoms with E-state index >= 15 is 0 Å². The van der Waals surface area contributed by atoms with Crippen molar-refractivity contribution in [3.05, 3.63) is 29.8 Å². The molecule has 0 bridgehead atoms. The third-order valence-corrected chi connectivity index (χ3v) is 6.44. The van der Waals surface area contributed by atoms with Gasteiger partial charge in [0.1, 0.15) is 0 Å². The maximum absolute atomic E-state index is 13.0. The van der Waals surface area contributed by atoms with E-state index in [9.17, 15) is 18.0 Å². The van der Waals surface area contributed by atoms with Crippen LogP contribution in [-0.4, -0.2) is 49.6 Å². The van der Waals surface area contributed by atoms with E-state index in [1.54, 1.807) is 6.07 Å². The van der Waals surface area contributed by atoms with E-state index in [1.807, 2.05) is 11.0 Å². The largest absolute Gasteiger partial charge is 0.416 e. The monoisotopic (exact) mass is 436 g/mol. The summed E-state index contributed by atoms with van der Waals surface area (Å²) in [6, 6.07) is 7.82. The Bertz CT molecular complexity index is 761. The Morgan fingerprint density at radius 1 is 1.13 bits per heavy atom. The van der Waals surface area contributed by atoms with Crippen molar-refractivity contribution in [1.29, 1.82) is 5.26 Å². The summed E-state index contributed by atoms with van der Waals surface area (Å²) in [6.07, 6.45) is 1.55. The number of alkyl halides is 3. The van der Waals surface area contributed by atoms with Crippen LogP contribution in [0.2, 0.25) is 0 Å². The molecule has 8 heteroatoms. The average Bonchev–Trinajstić information content (AvgIpc) is 2.77. The predicted octanol–water partition coefficient (Wildman–Crippen LogP) is 4.20. The number of carbonyl (C=O) groups excluding carboxylic acids is 1. The highest BCUT2D eigenvalue weighted by molar-refractivity contribution is 5.76. The molecule has 1 aromatic carbocycles. The number of piperazine rings is 1. The van der Waals surface area contributed by atoms with Gasteiger partial charge in [-0.05, 0) is 62.8 Å². The predicted molar refractivity (Wildman–Crippen MR) is 113 cm³/mol. The summed E-state index contributed by atoms with van der Waals surface area (Å²) in [5, 5.41) is 11.6. The fourth-order valence-electron chi connectivity index (χ4n) is 4.54. The van der Waals surface area contributed by atoms with E-state index in [1.165, 1.54) is 12.1 Å². The molecule has 31 heavy (non-hydrogen) atoms. The topological polar surface area (TPSA) is 59.4 Å². The van der Waals surface area contributed by atoms with E-state index < -0.39 is 11.7 Å². The molecule has 5 nitrogen and oxygen atoms in total. The van der Waals surface area contributed by atoms with Gasteiger partial charge in [0.2, 0.25) is 5.91 Å². The number of hydrogen-bond acceptors (Lipinski definition) is 4. The van der Waals surface area contributed by atoms with Crippen molar-refractivity contribution in [3.63, 3.8) is 0 Å². The van der Waals surface area contributed by atoms with Crippen LogP contribution in [0.4, 0.5) is 18.9 Å². The van der Waals surface area contributed by atoms with Gasteiger partial charge in [-0.15, -0.1) is 0 Å². The normalized spacial score (nSPS) is 22.7. The minimum absolute atomic E-state index is 0.0244. The second kappa shape index (κ2) is 10.9. The van der Waals surface area contributed by atoms with E-state index in [0.717, 1.165) is 70.9 Å². The van der Waals surface area contributed by atoms with E-state index in [-0.39, 0.29) is 24.8 Å². The van der Waals surface area contributed by atoms with E-state index in [0.29, 0.717) is 11.6 Å². The molecule has 3 rings (SSSR count). The molecular formula is C23H31F3N4O. The third kappa shape index (κ3) is 7.13. The third-order valence-electron chi connectivity index (χ3n) is 6.44. The summed E-state index contributed by atoms with van der Waals surface area (Å²) in [5.74, 6) is 0.636. The zero-order valence-electron chi connectivity index (χ0n) is 17.8. The number of nitrogens with zero attached hydrogens (tertiary/aromatic N) is 3. The number of benzene rings is 1. The molecule has 1 saturated carbocycles. The summed E-state index contributed by atoms with van der Waals surface area (Å²) in [5.41, 5.74) is 0.0499. The Labute approximate surface area is 182 Å². The molecule has 0 aromatic heterocycles. The highest BCUT2D eigenvalue weighted by Crippen LogP contribution is 2.32. The van der Waals surface area contributed by atoms with Crippen molar-refractivity contribution < 1.29 is 18.0 Å². The SMILES string of the molecule is N#CCCC(=O)N[C@H]1CC[C@H](CCN2CCN(c3cccc(C(F)(F)F)c3)CC2)CC1.